The Morgan fingerprint density at radius 2 is 1.88 bits per heavy atom. The zero-order valence-corrected chi connectivity index (χ0v) is 10.1. The van der Waals surface area contributed by atoms with Gasteiger partial charge in [0.15, 0.2) is 0 Å². The summed E-state index contributed by atoms with van der Waals surface area (Å²) in [6.45, 7) is 5.87. The van der Waals surface area contributed by atoms with Gasteiger partial charge in [-0.15, -0.1) is 0 Å². The molecule has 0 amide bonds. The minimum Gasteiger partial charge on any atom is -0.299 e. The lowest BCUT2D eigenvalue weighted by Gasteiger charge is -2.24. The molecule has 2 unspecified atom stereocenters. The van der Waals surface area contributed by atoms with Crippen LogP contribution in [0, 0.1) is 16.7 Å². The van der Waals surface area contributed by atoms with Crippen molar-refractivity contribution in [3.05, 3.63) is 35.9 Å². The molecule has 0 N–H and O–H groups in total. The van der Waals surface area contributed by atoms with Crippen LogP contribution < -0.4 is 0 Å². The molecule has 1 heterocycles. The molecule has 0 aliphatic carbocycles. The molecule has 1 aliphatic heterocycles. The first-order valence-electron chi connectivity index (χ1n) is 5.47. The molecular weight excluding hydrogens is 218 g/mol. The molecule has 2 rings (SSSR count). The Morgan fingerprint density at radius 3 is 2.35 bits per heavy atom. The summed E-state index contributed by atoms with van der Waals surface area (Å²) in [4.78, 5) is 10.3. The number of ether oxygens (including phenoxy) is 1. The molecule has 4 heteroatoms. The van der Waals surface area contributed by atoms with Crippen LogP contribution >= 0.6 is 0 Å². The van der Waals surface area contributed by atoms with Crippen LogP contribution in [0.5, 0.6) is 0 Å². The highest BCUT2D eigenvalue weighted by atomic mass is 17.3. The summed E-state index contributed by atoms with van der Waals surface area (Å²) in [5.41, 5.74) is 0.377. The minimum absolute atomic E-state index is 0.257. The molecule has 0 radical (unpaired) electrons. The highest BCUT2D eigenvalue weighted by molar-refractivity contribution is 5.26. The van der Waals surface area contributed by atoms with Gasteiger partial charge in [0, 0.05) is 11.0 Å². The van der Waals surface area contributed by atoms with Crippen molar-refractivity contribution in [2.75, 3.05) is 0 Å². The molecule has 0 bridgehead atoms. The Bertz CT molecular complexity index is 432. The fraction of sp³-hybridized carbons (Fsp3) is 0.462. The quantitative estimate of drug-likeness (QED) is 0.700. The number of hydrogen-bond acceptors (Lipinski definition) is 4. The number of hydrogen-bond donors (Lipinski definition) is 0. The van der Waals surface area contributed by atoms with Gasteiger partial charge in [-0.3, -0.25) is 4.74 Å². The summed E-state index contributed by atoms with van der Waals surface area (Å²) in [5, 5.41) is 9.27. The normalized spacial score (nSPS) is 28.9. The Morgan fingerprint density at radius 1 is 1.24 bits per heavy atom. The molecule has 1 saturated heterocycles. The first-order valence-corrected chi connectivity index (χ1v) is 5.47. The van der Waals surface area contributed by atoms with E-state index in [2.05, 4.69) is 0 Å². The molecule has 1 aromatic rings. The zero-order chi connectivity index (χ0) is 12.5. The molecule has 1 aromatic carbocycles. The van der Waals surface area contributed by atoms with Crippen molar-refractivity contribution >= 4 is 0 Å². The van der Waals surface area contributed by atoms with Crippen molar-refractivity contribution in [3.8, 4) is 6.07 Å². The van der Waals surface area contributed by atoms with E-state index >= 15 is 0 Å². The van der Waals surface area contributed by atoms with Crippen LogP contribution in [-0.2, 0) is 20.3 Å². The maximum atomic E-state index is 9.27. The van der Waals surface area contributed by atoms with Gasteiger partial charge in [0.05, 0.1) is 0 Å². The van der Waals surface area contributed by atoms with Gasteiger partial charge in [-0.05, 0) is 0 Å². The summed E-state index contributed by atoms with van der Waals surface area (Å²) in [6, 6.07) is 11.1. The van der Waals surface area contributed by atoms with Crippen LogP contribution in [0.1, 0.15) is 26.3 Å². The first kappa shape index (κ1) is 12.1. The fourth-order valence-corrected chi connectivity index (χ4v) is 1.51. The minimum atomic E-state index is -1.46. The SMILES string of the molecule is CC(C)(C)C1OOC(C#N)(c2ccccc2)O1. The first-order chi connectivity index (χ1) is 7.98. The molecule has 1 fully saturated rings. The lowest BCUT2D eigenvalue weighted by Crippen LogP contribution is -2.31. The van der Waals surface area contributed by atoms with Crippen molar-refractivity contribution in [2.45, 2.75) is 32.8 Å². The van der Waals surface area contributed by atoms with Crippen LogP contribution in [0.2, 0.25) is 0 Å². The van der Waals surface area contributed by atoms with Crippen LogP contribution in [-0.4, -0.2) is 6.29 Å². The van der Waals surface area contributed by atoms with E-state index in [9.17, 15) is 5.26 Å². The third-order valence-corrected chi connectivity index (χ3v) is 2.53. The topological polar surface area (TPSA) is 51.5 Å². The van der Waals surface area contributed by atoms with E-state index in [1.165, 1.54) is 0 Å². The van der Waals surface area contributed by atoms with E-state index in [0.717, 1.165) is 0 Å². The van der Waals surface area contributed by atoms with E-state index in [1.54, 1.807) is 12.1 Å². The molecule has 0 aromatic heterocycles. The summed E-state index contributed by atoms with van der Waals surface area (Å²) in [7, 11) is 0. The highest BCUT2D eigenvalue weighted by Gasteiger charge is 2.49. The summed E-state index contributed by atoms with van der Waals surface area (Å²) in [5.74, 6) is -1.46. The van der Waals surface area contributed by atoms with Crippen molar-refractivity contribution < 1.29 is 14.5 Å². The second-order valence-electron chi connectivity index (χ2n) is 5.09. The number of nitrogens with zero attached hydrogens (tertiary/aromatic N) is 1. The maximum Gasteiger partial charge on any atom is 0.318 e. The molecule has 1 aliphatic rings. The van der Waals surface area contributed by atoms with Crippen LogP contribution in [0.15, 0.2) is 30.3 Å². The van der Waals surface area contributed by atoms with E-state index in [1.807, 2.05) is 45.0 Å². The van der Waals surface area contributed by atoms with Crippen LogP contribution in [0.3, 0.4) is 0 Å². The Labute approximate surface area is 101 Å². The summed E-state index contributed by atoms with van der Waals surface area (Å²) < 4.78 is 5.64. The Kier molecular flexibility index (Phi) is 2.92. The van der Waals surface area contributed by atoms with E-state index < -0.39 is 12.1 Å². The zero-order valence-electron chi connectivity index (χ0n) is 10.1. The molecule has 0 spiro atoms. The van der Waals surface area contributed by atoms with Crippen molar-refractivity contribution in [1.82, 2.24) is 0 Å². The molecule has 90 valence electrons. The Balaban J connectivity index is 2.29. The third kappa shape index (κ3) is 2.18. The standard InChI is InChI=1S/C13H15NO3/c1-12(2,3)11-15-13(9-14,17-16-11)10-7-5-4-6-8-10/h4-8,11H,1-3H3. The van der Waals surface area contributed by atoms with E-state index in [-0.39, 0.29) is 5.41 Å². The van der Waals surface area contributed by atoms with Crippen LogP contribution in [0.4, 0.5) is 0 Å². The van der Waals surface area contributed by atoms with Crippen molar-refractivity contribution in [1.29, 1.82) is 5.26 Å². The van der Waals surface area contributed by atoms with Gasteiger partial charge in [0.1, 0.15) is 6.07 Å². The summed E-state index contributed by atoms with van der Waals surface area (Å²) >= 11 is 0. The average Bonchev–Trinajstić information content (AvgIpc) is 2.75. The second-order valence-corrected chi connectivity index (χ2v) is 5.09. The van der Waals surface area contributed by atoms with E-state index in [4.69, 9.17) is 14.5 Å². The van der Waals surface area contributed by atoms with Gasteiger partial charge in [0.25, 0.3) is 0 Å². The predicted molar refractivity (Wildman–Crippen MR) is 60.2 cm³/mol. The molecule has 17 heavy (non-hydrogen) atoms. The fourth-order valence-electron chi connectivity index (χ4n) is 1.51. The molecular formula is C13H15NO3. The lowest BCUT2D eigenvalue weighted by molar-refractivity contribution is -0.328. The number of rotatable bonds is 1. The van der Waals surface area contributed by atoms with Gasteiger partial charge in [-0.2, -0.15) is 15.0 Å². The molecule has 0 saturated carbocycles. The van der Waals surface area contributed by atoms with Gasteiger partial charge in [0.2, 0.25) is 6.29 Å². The Hall–Kier alpha value is -1.41. The monoisotopic (exact) mass is 233 g/mol. The molecule has 2 atom stereocenters. The van der Waals surface area contributed by atoms with Gasteiger partial charge < -0.3 is 0 Å². The highest BCUT2D eigenvalue weighted by Crippen LogP contribution is 2.40. The maximum absolute atomic E-state index is 9.27. The van der Waals surface area contributed by atoms with Crippen LogP contribution in [0.25, 0.3) is 0 Å². The predicted octanol–water partition coefficient (Wildman–Crippen LogP) is 2.71. The van der Waals surface area contributed by atoms with Gasteiger partial charge >= 0.3 is 5.79 Å². The lowest BCUT2D eigenvalue weighted by atomic mass is 9.96. The van der Waals surface area contributed by atoms with Gasteiger partial charge in [-0.25, -0.2) is 0 Å². The van der Waals surface area contributed by atoms with Crippen molar-refractivity contribution in [3.63, 3.8) is 0 Å². The van der Waals surface area contributed by atoms with Crippen molar-refractivity contribution in [2.24, 2.45) is 5.41 Å². The smallest absolute Gasteiger partial charge is 0.299 e. The third-order valence-electron chi connectivity index (χ3n) is 2.53. The van der Waals surface area contributed by atoms with E-state index in [0.29, 0.717) is 5.56 Å². The number of nitriles is 1. The average molecular weight is 233 g/mol. The molecule has 4 nitrogen and oxygen atoms in total. The number of benzene rings is 1. The largest absolute Gasteiger partial charge is 0.318 e. The summed E-state index contributed by atoms with van der Waals surface area (Å²) in [6.07, 6.45) is -0.567. The van der Waals surface area contributed by atoms with Gasteiger partial charge in [-0.1, -0.05) is 51.1 Å². The second kappa shape index (κ2) is 4.11.